The fourth-order valence-electron chi connectivity index (χ4n) is 4.15. The number of nitrogens with zero attached hydrogens (tertiary/aromatic N) is 2. The zero-order chi connectivity index (χ0) is 20.9. The molecule has 3 rings (SSSR count). The predicted molar refractivity (Wildman–Crippen MR) is 110 cm³/mol. The van der Waals surface area contributed by atoms with E-state index in [9.17, 15) is 13.2 Å². The monoisotopic (exact) mass is 424 g/mol. The lowest BCUT2D eigenvalue weighted by molar-refractivity contribution is -0.144. The molecule has 2 fully saturated rings. The van der Waals surface area contributed by atoms with Crippen LogP contribution in [0.15, 0.2) is 29.2 Å². The molecule has 162 valence electrons. The van der Waals surface area contributed by atoms with Crippen molar-refractivity contribution in [2.75, 3.05) is 40.0 Å². The second-order valence-corrected chi connectivity index (χ2v) is 9.64. The van der Waals surface area contributed by atoms with E-state index in [1.54, 1.807) is 12.1 Å². The van der Waals surface area contributed by atoms with Gasteiger partial charge in [-0.25, -0.2) is 8.42 Å². The highest BCUT2D eigenvalue weighted by Crippen LogP contribution is 2.30. The van der Waals surface area contributed by atoms with E-state index >= 15 is 0 Å². The molecule has 0 N–H and O–H groups in total. The Balaban J connectivity index is 1.78. The first-order valence-corrected chi connectivity index (χ1v) is 11.9. The van der Waals surface area contributed by atoms with Gasteiger partial charge in [-0.1, -0.05) is 31.9 Å². The maximum Gasteiger partial charge on any atom is 0.324 e. The molecule has 2 atom stereocenters. The van der Waals surface area contributed by atoms with Gasteiger partial charge < -0.3 is 9.47 Å². The van der Waals surface area contributed by atoms with Crippen molar-refractivity contribution in [3.8, 4) is 0 Å². The molecule has 2 saturated heterocycles. The number of aryl methyl sites for hydroxylation is 1. The van der Waals surface area contributed by atoms with Gasteiger partial charge in [0, 0.05) is 25.7 Å². The molecule has 1 aromatic carbocycles. The molecule has 2 aliphatic heterocycles. The Kier molecular flexibility index (Phi) is 7.67. The molecule has 0 aliphatic carbocycles. The summed E-state index contributed by atoms with van der Waals surface area (Å²) in [6, 6.07) is 6.28. The van der Waals surface area contributed by atoms with E-state index in [4.69, 9.17) is 9.47 Å². The number of sulfonamides is 1. The number of hydrogen-bond donors (Lipinski definition) is 0. The van der Waals surface area contributed by atoms with Crippen LogP contribution in [0.5, 0.6) is 0 Å². The van der Waals surface area contributed by atoms with E-state index < -0.39 is 22.0 Å². The third kappa shape index (κ3) is 5.17. The average Bonchev–Trinajstić information content (AvgIpc) is 3.21. The zero-order valence-electron chi connectivity index (χ0n) is 17.4. The van der Waals surface area contributed by atoms with Gasteiger partial charge >= 0.3 is 5.97 Å². The fourth-order valence-corrected chi connectivity index (χ4v) is 5.78. The smallest absolute Gasteiger partial charge is 0.324 e. The molecule has 0 aromatic heterocycles. The van der Waals surface area contributed by atoms with E-state index in [0.29, 0.717) is 26.2 Å². The van der Waals surface area contributed by atoms with Gasteiger partial charge in [0.15, 0.2) is 0 Å². The van der Waals surface area contributed by atoms with Crippen LogP contribution in [0.4, 0.5) is 0 Å². The zero-order valence-corrected chi connectivity index (χ0v) is 18.2. The molecular weight excluding hydrogens is 392 g/mol. The number of carbonyl (C=O) groups excluding carboxylic acids is 1. The van der Waals surface area contributed by atoms with Gasteiger partial charge in [0.2, 0.25) is 10.0 Å². The second kappa shape index (κ2) is 10.0. The SMILES string of the molecule is CCCCCc1ccc(S(=O)(=O)N2C[C@@H](N3CCOCC3)C[C@@H]2C(=O)OC)cc1. The Bertz CT molecular complexity index is 775. The van der Waals surface area contributed by atoms with Gasteiger partial charge in [0.25, 0.3) is 0 Å². The first-order valence-electron chi connectivity index (χ1n) is 10.5. The van der Waals surface area contributed by atoms with Gasteiger partial charge in [-0.3, -0.25) is 9.69 Å². The van der Waals surface area contributed by atoms with E-state index in [-0.39, 0.29) is 10.9 Å². The second-order valence-electron chi connectivity index (χ2n) is 7.75. The van der Waals surface area contributed by atoms with Crippen LogP contribution in [0.1, 0.15) is 38.2 Å². The lowest BCUT2D eigenvalue weighted by Crippen LogP contribution is -2.45. The Hall–Kier alpha value is -1.48. The summed E-state index contributed by atoms with van der Waals surface area (Å²) >= 11 is 0. The third-order valence-corrected chi connectivity index (χ3v) is 7.76. The fraction of sp³-hybridized carbons (Fsp3) is 0.667. The molecule has 2 aliphatic rings. The molecule has 7 nitrogen and oxygen atoms in total. The standard InChI is InChI=1S/C21H32N2O5S/c1-3-4-5-6-17-7-9-19(10-8-17)29(25,26)23-16-18(15-20(23)21(24)27-2)22-11-13-28-14-12-22/h7-10,18,20H,3-6,11-16H2,1-2H3/t18-,20+/m0/s1. The molecule has 0 amide bonds. The van der Waals surface area contributed by atoms with Crippen molar-refractivity contribution in [1.29, 1.82) is 0 Å². The summed E-state index contributed by atoms with van der Waals surface area (Å²) in [5.74, 6) is -0.500. The number of morpholine rings is 1. The Morgan fingerprint density at radius 2 is 1.86 bits per heavy atom. The highest BCUT2D eigenvalue weighted by molar-refractivity contribution is 7.89. The van der Waals surface area contributed by atoms with Crippen molar-refractivity contribution < 1.29 is 22.7 Å². The summed E-state index contributed by atoms with van der Waals surface area (Å²) in [4.78, 5) is 14.8. The summed E-state index contributed by atoms with van der Waals surface area (Å²) in [5.41, 5.74) is 1.13. The molecule has 0 saturated carbocycles. The van der Waals surface area contributed by atoms with Gasteiger partial charge in [0.1, 0.15) is 6.04 Å². The molecule has 0 spiro atoms. The van der Waals surface area contributed by atoms with Gasteiger partial charge in [-0.2, -0.15) is 4.31 Å². The maximum atomic E-state index is 13.3. The van der Waals surface area contributed by atoms with Crippen LogP contribution in [0.2, 0.25) is 0 Å². The van der Waals surface area contributed by atoms with Crippen molar-refractivity contribution in [2.45, 2.75) is 56.0 Å². The number of hydrogen-bond acceptors (Lipinski definition) is 6. The maximum absolute atomic E-state index is 13.3. The Labute approximate surface area is 174 Å². The minimum Gasteiger partial charge on any atom is -0.468 e. The van der Waals surface area contributed by atoms with Crippen LogP contribution < -0.4 is 0 Å². The van der Waals surface area contributed by atoms with Crippen LogP contribution in [-0.4, -0.2) is 75.6 Å². The lowest BCUT2D eigenvalue weighted by atomic mass is 10.1. The van der Waals surface area contributed by atoms with Crippen LogP contribution in [0, 0.1) is 0 Å². The van der Waals surface area contributed by atoms with Crippen LogP contribution in [-0.2, 0) is 30.7 Å². The highest BCUT2D eigenvalue weighted by atomic mass is 32.2. The van der Waals surface area contributed by atoms with Crippen LogP contribution >= 0.6 is 0 Å². The number of unbranched alkanes of at least 4 members (excludes halogenated alkanes) is 2. The normalized spacial score (nSPS) is 23.9. The number of methoxy groups -OCH3 is 1. The number of carbonyl (C=O) groups is 1. The molecule has 0 unspecified atom stereocenters. The molecule has 2 heterocycles. The molecule has 0 radical (unpaired) electrons. The number of esters is 1. The van der Waals surface area contributed by atoms with E-state index in [1.807, 2.05) is 12.1 Å². The number of ether oxygens (including phenoxy) is 2. The van der Waals surface area contributed by atoms with E-state index in [1.165, 1.54) is 11.4 Å². The quantitative estimate of drug-likeness (QED) is 0.470. The van der Waals surface area contributed by atoms with Crippen molar-refractivity contribution in [2.24, 2.45) is 0 Å². The molecule has 0 bridgehead atoms. The number of rotatable bonds is 8. The van der Waals surface area contributed by atoms with Crippen molar-refractivity contribution in [3.63, 3.8) is 0 Å². The van der Waals surface area contributed by atoms with E-state index in [0.717, 1.165) is 44.3 Å². The van der Waals surface area contributed by atoms with Gasteiger partial charge in [-0.15, -0.1) is 0 Å². The molecular formula is C21H32N2O5S. The first kappa shape index (κ1) is 22.2. The Morgan fingerprint density at radius 3 is 2.48 bits per heavy atom. The van der Waals surface area contributed by atoms with Crippen molar-refractivity contribution >= 4 is 16.0 Å². The summed E-state index contributed by atoms with van der Waals surface area (Å²) in [7, 11) is -2.48. The van der Waals surface area contributed by atoms with Crippen molar-refractivity contribution in [1.82, 2.24) is 9.21 Å². The van der Waals surface area contributed by atoms with Gasteiger partial charge in [-0.05, 0) is 37.0 Å². The predicted octanol–water partition coefficient (Wildman–Crippen LogP) is 2.06. The highest BCUT2D eigenvalue weighted by Gasteiger charge is 2.46. The number of benzene rings is 1. The summed E-state index contributed by atoms with van der Waals surface area (Å²) in [5, 5.41) is 0. The Morgan fingerprint density at radius 1 is 1.17 bits per heavy atom. The van der Waals surface area contributed by atoms with E-state index in [2.05, 4.69) is 11.8 Å². The minimum atomic E-state index is -3.78. The van der Waals surface area contributed by atoms with Crippen molar-refractivity contribution in [3.05, 3.63) is 29.8 Å². The summed E-state index contributed by atoms with van der Waals surface area (Å²) in [6.45, 7) is 5.21. The largest absolute Gasteiger partial charge is 0.468 e. The van der Waals surface area contributed by atoms with Crippen LogP contribution in [0.25, 0.3) is 0 Å². The molecule has 1 aromatic rings. The van der Waals surface area contributed by atoms with Crippen LogP contribution in [0.3, 0.4) is 0 Å². The third-order valence-electron chi connectivity index (χ3n) is 5.87. The lowest BCUT2D eigenvalue weighted by Gasteiger charge is -2.31. The minimum absolute atomic E-state index is 0.00825. The topological polar surface area (TPSA) is 76.2 Å². The first-order chi connectivity index (χ1) is 14.0. The molecule has 29 heavy (non-hydrogen) atoms. The summed E-state index contributed by atoms with van der Waals surface area (Å²) < 4.78 is 38.3. The molecule has 8 heteroatoms. The summed E-state index contributed by atoms with van der Waals surface area (Å²) in [6.07, 6.45) is 4.81. The van der Waals surface area contributed by atoms with Gasteiger partial charge in [0.05, 0.1) is 25.2 Å². The average molecular weight is 425 g/mol.